The van der Waals surface area contributed by atoms with Crippen LogP contribution in [0.3, 0.4) is 0 Å². The van der Waals surface area contributed by atoms with Crippen LogP contribution in [0, 0.1) is 13.8 Å². The van der Waals surface area contributed by atoms with E-state index in [0.717, 1.165) is 42.1 Å². The van der Waals surface area contributed by atoms with Crippen LogP contribution in [0.5, 0.6) is 0 Å². The van der Waals surface area contributed by atoms with E-state index in [1.165, 1.54) is 19.3 Å². The number of hydrogen-bond donors (Lipinski definition) is 3. The first-order valence-electron chi connectivity index (χ1n) is 10.2. The molecule has 3 N–H and O–H groups in total. The zero-order valence-electron chi connectivity index (χ0n) is 17.0. The lowest BCUT2D eigenvalue weighted by Gasteiger charge is -2.26. The Hall–Kier alpha value is -2.93. The van der Waals surface area contributed by atoms with E-state index in [4.69, 9.17) is 0 Å². The van der Waals surface area contributed by atoms with E-state index >= 15 is 0 Å². The van der Waals surface area contributed by atoms with Crippen molar-refractivity contribution in [3.8, 4) is 0 Å². The Balaban J connectivity index is 1.49. The van der Waals surface area contributed by atoms with E-state index in [0.29, 0.717) is 23.5 Å². The SMILES string of the molecule is Cc1[nH]c(/C=C2\C(=O)Nc3ncccc32)c(C)c1C(=O)NCCN1CCCCC1. The standard InChI is InChI=1S/C22H27N5O2/c1-14-18(13-17-16-7-6-8-23-20(16)26-21(17)28)25-15(2)19(14)22(29)24-9-12-27-10-4-3-5-11-27/h6-8,13,25H,3-5,9-12H2,1-2H3,(H,24,29)(H,23,26,28)/b17-13-. The molecule has 1 saturated heterocycles. The topological polar surface area (TPSA) is 90.1 Å². The average Bonchev–Trinajstić information content (AvgIpc) is 3.18. The molecule has 2 aliphatic heterocycles. The number of aryl methyl sites for hydroxylation is 1. The van der Waals surface area contributed by atoms with E-state index in [2.05, 4.69) is 25.5 Å². The molecule has 0 unspecified atom stereocenters. The number of carbonyl (C=O) groups is 2. The van der Waals surface area contributed by atoms with Gasteiger partial charge < -0.3 is 20.5 Å². The van der Waals surface area contributed by atoms with Gasteiger partial charge in [-0.1, -0.05) is 6.42 Å². The number of likely N-dealkylation sites (tertiary alicyclic amines) is 1. The van der Waals surface area contributed by atoms with E-state index in [-0.39, 0.29) is 11.8 Å². The number of piperidine rings is 1. The molecule has 0 atom stereocenters. The van der Waals surface area contributed by atoms with Crippen LogP contribution in [-0.4, -0.2) is 52.9 Å². The highest BCUT2D eigenvalue weighted by molar-refractivity contribution is 6.34. The molecule has 0 aliphatic carbocycles. The summed E-state index contributed by atoms with van der Waals surface area (Å²) in [4.78, 5) is 35.0. The second kappa shape index (κ2) is 8.21. The first-order chi connectivity index (χ1) is 14.0. The molecule has 1 fully saturated rings. The van der Waals surface area contributed by atoms with Gasteiger partial charge in [-0.15, -0.1) is 0 Å². The molecule has 0 aromatic carbocycles. The molecule has 0 radical (unpaired) electrons. The molecule has 2 aromatic rings. The number of anilines is 1. The third-order valence-electron chi connectivity index (χ3n) is 5.73. The van der Waals surface area contributed by atoms with E-state index in [9.17, 15) is 9.59 Å². The van der Waals surface area contributed by atoms with Crippen molar-refractivity contribution in [3.05, 3.63) is 46.4 Å². The van der Waals surface area contributed by atoms with Crippen molar-refractivity contribution in [2.24, 2.45) is 0 Å². The van der Waals surface area contributed by atoms with Crippen molar-refractivity contribution in [1.29, 1.82) is 0 Å². The Morgan fingerprint density at radius 2 is 2.07 bits per heavy atom. The summed E-state index contributed by atoms with van der Waals surface area (Å²) < 4.78 is 0. The molecular weight excluding hydrogens is 366 g/mol. The molecule has 4 rings (SSSR count). The van der Waals surface area contributed by atoms with E-state index < -0.39 is 0 Å². The van der Waals surface area contributed by atoms with Crippen molar-refractivity contribution in [2.45, 2.75) is 33.1 Å². The summed E-state index contributed by atoms with van der Waals surface area (Å²) in [7, 11) is 0. The van der Waals surface area contributed by atoms with Crippen LogP contribution >= 0.6 is 0 Å². The number of nitrogens with one attached hydrogen (secondary N) is 3. The van der Waals surface area contributed by atoms with Crippen molar-refractivity contribution in [1.82, 2.24) is 20.2 Å². The maximum Gasteiger partial charge on any atom is 0.257 e. The van der Waals surface area contributed by atoms with Gasteiger partial charge >= 0.3 is 0 Å². The second-order valence-electron chi connectivity index (χ2n) is 7.73. The van der Waals surface area contributed by atoms with E-state index in [1.807, 2.05) is 19.9 Å². The van der Waals surface area contributed by atoms with Crippen LogP contribution in [0.25, 0.3) is 11.6 Å². The summed E-state index contributed by atoms with van der Waals surface area (Å²) in [6.45, 7) is 7.56. The maximum atomic E-state index is 12.8. The lowest BCUT2D eigenvalue weighted by Crippen LogP contribution is -2.37. The number of nitrogens with zero attached hydrogens (tertiary/aromatic N) is 2. The normalized spacial score (nSPS) is 18.0. The summed E-state index contributed by atoms with van der Waals surface area (Å²) in [5, 5.41) is 5.82. The highest BCUT2D eigenvalue weighted by atomic mass is 16.2. The minimum atomic E-state index is -0.183. The van der Waals surface area contributed by atoms with Gasteiger partial charge in [-0.25, -0.2) is 4.98 Å². The smallest absolute Gasteiger partial charge is 0.257 e. The fourth-order valence-electron chi connectivity index (χ4n) is 4.17. The molecule has 7 nitrogen and oxygen atoms in total. The number of H-pyrrole nitrogens is 1. The van der Waals surface area contributed by atoms with Gasteiger partial charge in [0.25, 0.3) is 11.8 Å². The highest BCUT2D eigenvalue weighted by Crippen LogP contribution is 2.32. The molecule has 2 amide bonds. The lowest BCUT2D eigenvalue weighted by molar-refractivity contribution is -0.110. The van der Waals surface area contributed by atoms with Crippen LogP contribution in [-0.2, 0) is 4.79 Å². The maximum absolute atomic E-state index is 12.8. The molecule has 0 spiro atoms. The Morgan fingerprint density at radius 1 is 1.28 bits per heavy atom. The zero-order valence-corrected chi connectivity index (χ0v) is 17.0. The molecule has 0 saturated carbocycles. The largest absolute Gasteiger partial charge is 0.358 e. The monoisotopic (exact) mass is 393 g/mol. The van der Waals surface area contributed by atoms with E-state index in [1.54, 1.807) is 18.3 Å². The molecular formula is C22H27N5O2. The van der Waals surface area contributed by atoms with Crippen molar-refractivity contribution in [2.75, 3.05) is 31.5 Å². The van der Waals surface area contributed by atoms with Crippen LogP contribution in [0.15, 0.2) is 18.3 Å². The lowest BCUT2D eigenvalue weighted by atomic mass is 10.0. The number of aromatic nitrogens is 2. The minimum absolute atomic E-state index is 0.0733. The first-order valence-corrected chi connectivity index (χ1v) is 10.2. The van der Waals surface area contributed by atoms with Crippen LogP contribution in [0.2, 0.25) is 0 Å². The number of hydrogen-bond acceptors (Lipinski definition) is 4. The number of fused-ring (bicyclic) bond motifs is 1. The zero-order chi connectivity index (χ0) is 20.4. The van der Waals surface area contributed by atoms with Crippen LogP contribution in [0.4, 0.5) is 5.82 Å². The number of aromatic amines is 1. The van der Waals surface area contributed by atoms with Crippen LogP contribution in [0.1, 0.15) is 52.1 Å². The van der Waals surface area contributed by atoms with Gasteiger partial charge in [-0.05, 0) is 63.6 Å². The number of rotatable bonds is 5. The second-order valence-corrected chi connectivity index (χ2v) is 7.73. The van der Waals surface area contributed by atoms with Crippen molar-refractivity contribution in [3.63, 3.8) is 0 Å². The van der Waals surface area contributed by atoms with Crippen LogP contribution < -0.4 is 10.6 Å². The average molecular weight is 393 g/mol. The van der Waals surface area contributed by atoms with Gasteiger partial charge in [0.2, 0.25) is 0 Å². The van der Waals surface area contributed by atoms with Crippen molar-refractivity contribution >= 4 is 29.3 Å². The summed E-state index contributed by atoms with van der Waals surface area (Å²) in [5.74, 6) is 0.314. The molecule has 152 valence electrons. The summed E-state index contributed by atoms with van der Waals surface area (Å²) >= 11 is 0. The third-order valence-corrected chi connectivity index (χ3v) is 5.73. The molecule has 7 heteroatoms. The Labute approximate surface area is 170 Å². The van der Waals surface area contributed by atoms with Gasteiger partial charge in [0, 0.05) is 36.2 Å². The Morgan fingerprint density at radius 3 is 2.86 bits per heavy atom. The molecule has 0 bridgehead atoms. The highest BCUT2D eigenvalue weighted by Gasteiger charge is 2.26. The molecule has 4 heterocycles. The van der Waals surface area contributed by atoms with Gasteiger partial charge in [0.15, 0.2) is 0 Å². The number of pyridine rings is 1. The first kappa shape index (κ1) is 19.4. The van der Waals surface area contributed by atoms with Crippen molar-refractivity contribution < 1.29 is 9.59 Å². The fraction of sp³-hybridized carbons (Fsp3) is 0.409. The number of carbonyl (C=O) groups excluding carboxylic acids is 2. The predicted molar refractivity (Wildman–Crippen MR) is 114 cm³/mol. The fourth-order valence-corrected chi connectivity index (χ4v) is 4.17. The van der Waals surface area contributed by atoms with Gasteiger partial charge in [0.05, 0.1) is 11.1 Å². The minimum Gasteiger partial charge on any atom is -0.358 e. The summed E-state index contributed by atoms with van der Waals surface area (Å²) in [5.41, 5.74) is 4.39. The van der Waals surface area contributed by atoms with Gasteiger partial charge in [0.1, 0.15) is 5.82 Å². The summed E-state index contributed by atoms with van der Waals surface area (Å²) in [6.07, 6.45) is 7.25. The van der Waals surface area contributed by atoms with Gasteiger partial charge in [-0.2, -0.15) is 0 Å². The predicted octanol–water partition coefficient (Wildman–Crippen LogP) is 2.73. The quantitative estimate of drug-likeness (QED) is 0.682. The summed E-state index contributed by atoms with van der Waals surface area (Å²) in [6, 6.07) is 3.67. The molecule has 29 heavy (non-hydrogen) atoms. The number of amides is 2. The van der Waals surface area contributed by atoms with Gasteiger partial charge in [-0.3, -0.25) is 9.59 Å². The Bertz CT molecular complexity index is 970. The molecule has 2 aromatic heterocycles. The molecule has 2 aliphatic rings. The Kier molecular flexibility index (Phi) is 5.49. The third kappa shape index (κ3) is 3.96.